The summed E-state index contributed by atoms with van der Waals surface area (Å²) in [5, 5.41) is 10.6. The summed E-state index contributed by atoms with van der Waals surface area (Å²) in [6, 6.07) is 19.9. The lowest BCUT2D eigenvalue weighted by Gasteiger charge is -2.30. The van der Waals surface area contributed by atoms with E-state index < -0.39 is 0 Å². The van der Waals surface area contributed by atoms with Gasteiger partial charge >= 0.3 is 0 Å². The summed E-state index contributed by atoms with van der Waals surface area (Å²) >= 11 is 0. The standard InChI is InChI=1S/C25H32BN5/c1-18-16-27-12-10-23(18)30-17-20-3-2-4-21(15-20)24-11-14-29-25(31-24)28-13-9-19-5-7-22(26)8-6-19/h2-8,11,14-15,18,23,27,30H,9-10,12-13,16-17,26H2,1H3,(H,28,29,31)/t18-,23+/m0/s1. The van der Waals surface area contributed by atoms with Crippen molar-refractivity contribution >= 4 is 19.3 Å². The van der Waals surface area contributed by atoms with Gasteiger partial charge in [0.2, 0.25) is 5.95 Å². The van der Waals surface area contributed by atoms with Crippen molar-refractivity contribution in [3.63, 3.8) is 0 Å². The molecule has 0 unspecified atom stereocenters. The van der Waals surface area contributed by atoms with Crippen LogP contribution in [0.1, 0.15) is 24.5 Å². The van der Waals surface area contributed by atoms with E-state index in [1.54, 1.807) is 0 Å². The minimum Gasteiger partial charge on any atom is -0.354 e. The normalized spacial score (nSPS) is 18.6. The molecule has 31 heavy (non-hydrogen) atoms. The van der Waals surface area contributed by atoms with Gasteiger partial charge in [0.25, 0.3) is 0 Å². The Balaban J connectivity index is 1.35. The molecule has 1 aliphatic rings. The van der Waals surface area contributed by atoms with Crippen molar-refractivity contribution in [2.45, 2.75) is 32.4 Å². The zero-order chi connectivity index (χ0) is 21.5. The van der Waals surface area contributed by atoms with Crippen LogP contribution in [0, 0.1) is 5.92 Å². The number of hydrogen-bond acceptors (Lipinski definition) is 5. The maximum absolute atomic E-state index is 4.74. The third kappa shape index (κ3) is 6.15. The summed E-state index contributed by atoms with van der Waals surface area (Å²) in [5.74, 6) is 1.34. The molecule has 1 fully saturated rings. The number of nitrogens with one attached hydrogen (secondary N) is 3. The fraction of sp³-hybridized carbons (Fsp3) is 0.360. The van der Waals surface area contributed by atoms with Crippen molar-refractivity contribution in [1.29, 1.82) is 0 Å². The topological polar surface area (TPSA) is 61.9 Å². The number of anilines is 1. The Morgan fingerprint density at radius 3 is 2.81 bits per heavy atom. The van der Waals surface area contributed by atoms with E-state index >= 15 is 0 Å². The Kier molecular flexibility index (Phi) is 7.33. The molecule has 1 aromatic heterocycles. The number of piperidine rings is 1. The van der Waals surface area contributed by atoms with E-state index in [1.807, 2.05) is 12.3 Å². The first kappa shape index (κ1) is 21.5. The summed E-state index contributed by atoms with van der Waals surface area (Å²) in [6.07, 6.45) is 3.96. The molecule has 0 radical (unpaired) electrons. The van der Waals surface area contributed by atoms with Crippen LogP contribution in [0.5, 0.6) is 0 Å². The SMILES string of the molecule is Bc1ccc(CCNc2nccc(-c3cccc(CN[C@@H]4CCNC[C@@H]4C)c3)n2)cc1. The number of nitrogens with zero attached hydrogens (tertiary/aromatic N) is 2. The van der Waals surface area contributed by atoms with Crippen LogP contribution in [-0.4, -0.2) is 43.5 Å². The maximum Gasteiger partial charge on any atom is 0.223 e. The molecule has 0 spiro atoms. The lowest BCUT2D eigenvalue weighted by molar-refractivity contribution is 0.295. The van der Waals surface area contributed by atoms with Crippen LogP contribution in [0.25, 0.3) is 11.3 Å². The first-order chi connectivity index (χ1) is 15.2. The lowest BCUT2D eigenvalue weighted by Crippen LogP contribution is -2.45. The fourth-order valence-electron chi connectivity index (χ4n) is 4.08. The van der Waals surface area contributed by atoms with Gasteiger partial charge in [-0.2, -0.15) is 0 Å². The number of rotatable bonds is 8. The summed E-state index contributed by atoms with van der Waals surface area (Å²) in [5.41, 5.74) is 5.97. The third-order valence-electron chi connectivity index (χ3n) is 6.05. The zero-order valence-electron chi connectivity index (χ0n) is 18.6. The second-order valence-electron chi connectivity index (χ2n) is 8.59. The molecule has 160 valence electrons. The molecule has 6 heteroatoms. The predicted octanol–water partition coefficient (Wildman–Crippen LogP) is 2.14. The molecule has 5 nitrogen and oxygen atoms in total. The predicted molar refractivity (Wildman–Crippen MR) is 132 cm³/mol. The van der Waals surface area contributed by atoms with Gasteiger partial charge in [-0.05, 0) is 55.1 Å². The molecular weight excluding hydrogens is 381 g/mol. The average Bonchev–Trinajstić information content (AvgIpc) is 2.80. The highest BCUT2D eigenvalue weighted by atomic mass is 15.1. The quantitative estimate of drug-likeness (QED) is 0.494. The maximum atomic E-state index is 4.74. The number of aromatic nitrogens is 2. The van der Waals surface area contributed by atoms with Gasteiger partial charge in [-0.15, -0.1) is 0 Å². The van der Waals surface area contributed by atoms with Gasteiger partial charge in [-0.25, -0.2) is 9.97 Å². The zero-order valence-corrected chi connectivity index (χ0v) is 18.6. The van der Waals surface area contributed by atoms with E-state index in [9.17, 15) is 0 Å². The van der Waals surface area contributed by atoms with Crippen molar-refractivity contribution < 1.29 is 0 Å². The van der Waals surface area contributed by atoms with E-state index in [4.69, 9.17) is 4.98 Å². The van der Waals surface area contributed by atoms with Crippen LogP contribution in [0.3, 0.4) is 0 Å². The Bertz CT molecular complexity index is 976. The average molecular weight is 413 g/mol. The molecule has 2 aromatic carbocycles. The fourth-order valence-corrected chi connectivity index (χ4v) is 4.08. The molecule has 0 aliphatic carbocycles. The number of benzene rings is 2. The van der Waals surface area contributed by atoms with Gasteiger partial charge in [0.15, 0.2) is 0 Å². The Morgan fingerprint density at radius 1 is 1.10 bits per heavy atom. The van der Waals surface area contributed by atoms with E-state index in [0.717, 1.165) is 43.9 Å². The second kappa shape index (κ2) is 10.6. The lowest BCUT2D eigenvalue weighted by atomic mass is 9.95. The molecular formula is C25H32BN5. The largest absolute Gasteiger partial charge is 0.354 e. The minimum absolute atomic E-state index is 0.577. The van der Waals surface area contributed by atoms with Crippen LogP contribution >= 0.6 is 0 Å². The van der Waals surface area contributed by atoms with Crippen LogP contribution < -0.4 is 21.4 Å². The molecule has 2 heterocycles. The van der Waals surface area contributed by atoms with E-state index in [-0.39, 0.29) is 0 Å². The number of hydrogen-bond donors (Lipinski definition) is 3. The van der Waals surface area contributed by atoms with Crippen LogP contribution in [0.15, 0.2) is 60.8 Å². The van der Waals surface area contributed by atoms with Crippen molar-refractivity contribution in [2.24, 2.45) is 5.92 Å². The van der Waals surface area contributed by atoms with E-state index in [2.05, 4.69) is 84.2 Å². The Morgan fingerprint density at radius 2 is 1.97 bits per heavy atom. The summed E-state index contributed by atoms with van der Waals surface area (Å²) < 4.78 is 0. The highest BCUT2D eigenvalue weighted by Crippen LogP contribution is 2.20. The second-order valence-corrected chi connectivity index (χ2v) is 8.59. The molecule has 3 N–H and O–H groups in total. The first-order valence-electron chi connectivity index (χ1n) is 11.3. The van der Waals surface area contributed by atoms with Gasteiger partial charge in [0.1, 0.15) is 7.85 Å². The third-order valence-corrected chi connectivity index (χ3v) is 6.05. The Labute approximate surface area is 186 Å². The summed E-state index contributed by atoms with van der Waals surface area (Å²) in [4.78, 5) is 9.14. The van der Waals surface area contributed by atoms with Crippen LogP contribution in [0.2, 0.25) is 0 Å². The first-order valence-corrected chi connectivity index (χ1v) is 11.3. The molecule has 0 amide bonds. The van der Waals surface area contributed by atoms with Gasteiger partial charge in [0, 0.05) is 30.9 Å². The monoisotopic (exact) mass is 413 g/mol. The van der Waals surface area contributed by atoms with Crippen molar-refractivity contribution in [2.75, 3.05) is 25.0 Å². The summed E-state index contributed by atoms with van der Waals surface area (Å²) in [7, 11) is 2.11. The molecule has 2 atom stereocenters. The van der Waals surface area contributed by atoms with Gasteiger partial charge in [-0.3, -0.25) is 0 Å². The van der Waals surface area contributed by atoms with Crippen LogP contribution in [-0.2, 0) is 13.0 Å². The van der Waals surface area contributed by atoms with Crippen molar-refractivity contribution in [3.05, 3.63) is 71.9 Å². The van der Waals surface area contributed by atoms with Gasteiger partial charge < -0.3 is 16.0 Å². The highest BCUT2D eigenvalue weighted by molar-refractivity contribution is 6.32. The van der Waals surface area contributed by atoms with Crippen molar-refractivity contribution in [1.82, 2.24) is 20.6 Å². The molecule has 1 saturated heterocycles. The van der Waals surface area contributed by atoms with Gasteiger partial charge in [0.05, 0.1) is 5.69 Å². The van der Waals surface area contributed by atoms with Crippen LogP contribution in [0.4, 0.5) is 5.95 Å². The Hall–Kier alpha value is -2.70. The minimum atomic E-state index is 0.577. The molecule has 3 aromatic rings. The summed E-state index contributed by atoms with van der Waals surface area (Å²) in [6.45, 7) is 6.20. The molecule has 4 rings (SSSR count). The molecule has 0 bridgehead atoms. The smallest absolute Gasteiger partial charge is 0.223 e. The van der Waals surface area contributed by atoms with E-state index in [1.165, 1.54) is 23.0 Å². The van der Waals surface area contributed by atoms with E-state index in [0.29, 0.717) is 17.9 Å². The molecule has 0 saturated carbocycles. The van der Waals surface area contributed by atoms with Crippen molar-refractivity contribution in [3.8, 4) is 11.3 Å². The molecule has 1 aliphatic heterocycles. The highest BCUT2D eigenvalue weighted by Gasteiger charge is 2.20. The van der Waals surface area contributed by atoms with Gasteiger partial charge in [-0.1, -0.05) is 54.9 Å².